The van der Waals surface area contributed by atoms with Gasteiger partial charge in [0, 0.05) is 0 Å². The van der Waals surface area contributed by atoms with E-state index in [0.717, 1.165) is 5.69 Å². The highest BCUT2D eigenvalue weighted by Crippen LogP contribution is 2.18. The van der Waals surface area contributed by atoms with Gasteiger partial charge in [0.15, 0.2) is 0 Å². The van der Waals surface area contributed by atoms with Crippen LogP contribution < -0.4 is 5.43 Å². The molecular weight excluding hydrogens is 290 g/mol. The number of carbonyl (C=O) groups is 1. The maximum atomic E-state index is 12.6. The molecule has 2 aromatic rings. The van der Waals surface area contributed by atoms with Crippen LogP contribution in [0, 0.1) is 18.3 Å². The summed E-state index contributed by atoms with van der Waals surface area (Å²) in [6.07, 6.45) is 0. The van der Waals surface area contributed by atoms with E-state index in [4.69, 9.17) is 0 Å². The second-order valence-corrected chi connectivity index (χ2v) is 6.13. The molecule has 6 heteroatoms. The first-order chi connectivity index (χ1) is 10.8. The van der Waals surface area contributed by atoms with Gasteiger partial charge in [-0.3, -0.25) is 14.9 Å². The van der Waals surface area contributed by atoms with E-state index in [9.17, 15) is 10.1 Å². The number of Topliss-reactive ketones (excluding diaryl/α,β-unsaturated/α-hetero) is 1. The molecule has 2 rings (SSSR count). The summed E-state index contributed by atoms with van der Waals surface area (Å²) in [5.41, 5.74) is 3.92. The summed E-state index contributed by atoms with van der Waals surface area (Å²) in [6, 6.07) is 12.7. The fourth-order valence-corrected chi connectivity index (χ4v) is 2.05. The topological polar surface area (TPSA) is 83.1 Å². The first kappa shape index (κ1) is 16.4. The van der Waals surface area contributed by atoms with Crippen LogP contribution in [-0.2, 0) is 5.54 Å². The smallest absolute Gasteiger partial charge is 0.241 e. The van der Waals surface area contributed by atoms with E-state index in [1.54, 1.807) is 22.9 Å². The first-order valence-electron chi connectivity index (χ1n) is 7.23. The minimum absolute atomic E-state index is 0.209. The average molecular weight is 309 g/mol. The minimum Gasteiger partial charge on any atom is -0.284 e. The number of rotatable bonds is 4. The monoisotopic (exact) mass is 309 g/mol. The Hall–Kier alpha value is -2.94. The van der Waals surface area contributed by atoms with Gasteiger partial charge in [0.25, 0.3) is 0 Å². The fraction of sp³-hybridized carbons (Fsp3) is 0.294. The fourth-order valence-electron chi connectivity index (χ4n) is 2.05. The van der Waals surface area contributed by atoms with Gasteiger partial charge < -0.3 is 0 Å². The SMILES string of the molecule is Cc1cc(C(=O)/C(C#N)=N/Nc2ccccc2)n(C(C)(C)C)n1. The lowest BCUT2D eigenvalue weighted by molar-refractivity contribution is 0.105. The molecule has 1 heterocycles. The lowest BCUT2D eigenvalue weighted by Gasteiger charge is -2.21. The summed E-state index contributed by atoms with van der Waals surface area (Å²) in [5.74, 6) is -0.452. The minimum atomic E-state index is -0.452. The molecule has 0 unspecified atom stereocenters. The molecule has 0 saturated heterocycles. The van der Waals surface area contributed by atoms with Crippen LogP contribution in [-0.4, -0.2) is 21.3 Å². The van der Waals surface area contributed by atoms with Crippen molar-refractivity contribution in [2.75, 3.05) is 5.43 Å². The van der Waals surface area contributed by atoms with Gasteiger partial charge in [-0.1, -0.05) is 18.2 Å². The quantitative estimate of drug-likeness (QED) is 0.534. The van der Waals surface area contributed by atoms with Gasteiger partial charge in [0.1, 0.15) is 11.8 Å². The molecule has 0 aliphatic carbocycles. The molecule has 0 spiro atoms. The van der Waals surface area contributed by atoms with Crippen molar-refractivity contribution in [3.05, 3.63) is 47.8 Å². The van der Waals surface area contributed by atoms with Gasteiger partial charge >= 0.3 is 0 Å². The summed E-state index contributed by atoms with van der Waals surface area (Å²) in [5, 5.41) is 17.6. The number of ketones is 1. The Labute approximate surface area is 135 Å². The van der Waals surface area contributed by atoms with Crippen LogP contribution in [0.1, 0.15) is 37.0 Å². The highest BCUT2D eigenvalue weighted by molar-refractivity contribution is 6.51. The van der Waals surface area contributed by atoms with Crippen LogP contribution in [0.5, 0.6) is 0 Å². The number of aromatic nitrogens is 2. The van der Waals surface area contributed by atoms with Gasteiger partial charge in [-0.2, -0.15) is 15.5 Å². The zero-order chi connectivity index (χ0) is 17.0. The van der Waals surface area contributed by atoms with E-state index in [2.05, 4.69) is 15.6 Å². The highest BCUT2D eigenvalue weighted by Gasteiger charge is 2.25. The summed E-state index contributed by atoms with van der Waals surface area (Å²) >= 11 is 0. The Balaban J connectivity index is 2.33. The molecule has 1 N–H and O–H groups in total. The van der Waals surface area contributed by atoms with Gasteiger partial charge in [-0.25, -0.2) is 0 Å². The summed E-state index contributed by atoms with van der Waals surface area (Å²) in [6.45, 7) is 7.65. The van der Waals surface area contributed by atoms with E-state index in [1.165, 1.54) is 0 Å². The molecule has 118 valence electrons. The molecule has 0 aliphatic heterocycles. The van der Waals surface area contributed by atoms with E-state index < -0.39 is 5.78 Å². The number of hydrazone groups is 1. The summed E-state index contributed by atoms with van der Waals surface area (Å²) in [4.78, 5) is 12.6. The number of nitrogens with zero attached hydrogens (tertiary/aromatic N) is 4. The molecular formula is C17H19N5O. The molecule has 1 aromatic carbocycles. The van der Waals surface area contributed by atoms with Crippen molar-refractivity contribution in [1.82, 2.24) is 9.78 Å². The first-order valence-corrected chi connectivity index (χ1v) is 7.23. The van der Waals surface area contributed by atoms with Crippen molar-refractivity contribution in [3.8, 4) is 6.07 Å². The van der Waals surface area contributed by atoms with E-state index in [0.29, 0.717) is 11.4 Å². The molecule has 0 fully saturated rings. The maximum absolute atomic E-state index is 12.6. The van der Waals surface area contributed by atoms with Gasteiger partial charge in [-0.05, 0) is 45.9 Å². The van der Waals surface area contributed by atoms with Crippen LogP contribution in [0.3, 0.4) is 0 Å². The van der Waals surface area contributed by atoms with Crippen LogP contribution >= 0.6 is 0 Å². The Kier molecular flexibility index (Phi) is 4.60. The molecule has 0 bridgehead atoms. The van der Waals surface area contributed by atoms with Crippen molar-refractivity contribution in [1.29, 1.82) is 5.26 Å². The number of hydrogen-bond donors (Lipinski definition) is 1. The van der Waals surface area contributed by atoms with Crippen LogP contribution in [0.2, 0.25) is 0 Å². The second kappa shape index (κ2) is 6.44. The predicted octanol–water partition coefficient (Wildman–Crippen LogP) is 3.12. The second-order valence-electron chi connectivity index (χ2n) is 6.13. The molecule has 0 amide bonds. The number of carbonyl (C=O) groups excluding carboxylic acids is 1. The van der Waals surface area contributed by atoms with Crippen LogP contribution in [0.4, 0.5) is 5.69 Å². The molecule has 0 atom stereocenters. The largest absolute Gasteiger partial charge is 0.284 e. The highest BCUT2D eigenvalue weighted by atomic mass is 16.1. The predicted molar refractivity (Wildman–Crippen MR) is 89.4 cm³/mol. The third kappa shape index (κ3) is 3.83. The number of aryl methyl sites for hydroxylation is 1. The molecule has 0 aliphatic rings. The van der Waals surface area contributed by atoms with E-state index >= 15 is 0 Å². The Morgan fingerprint density at radius 2 is 1.96 bits per heavy atom. The van der Waals surface area contributed by atoms with Gasteiger partial charge in [-0.15, -0.1) is 0 Å². The maximum Gasteiger partial charge on any atom is 0.241 e. The van der Waals surface area contributed by atoms with E-state index in [-0.39, 0.29) is 11.3 Å². The van der Waals surface area contributed by atoms with Crippen molar-refractivity contribution in [2.45, 2.75) is 33.2 Å². The molecule has 6 nitrogen and oxygen atoms in total. The van der Waals surface area contributed by atoms with Crippen molar-refractivity contribution in [2.24, 2.45) is 5.10 Å². The third-order valence-electron chi connectivity index (χ3n) is 3.09. The van der Waals surface area contributed by atoms with Gasteiger partial charge in [0.2, 0.25) is 11.5 Å². The number of para-hydroxylation sites is 1. The van der Waals surface area contributed by atoms with Crippen molar-refractivity contribution < 1.29 is 4.79 Å². The average Bonchev–Trinajstić information content (AvgIpc) is 2.91. The molecule has 0 radical (unpaired) electrons. The molecule has 0 saturated carbocycles. The lowest BCUT2D eigenvalue weighted by atomic mass is 10.1. The summed E-state index contributed by atoms with van der Waals surface area (Å²) < 4.78 is 1.63. The standard InChI is InChI=1S/C17H19N5O/c1-12-10-15(22(21-12)17(2,3)4)16(23)14(11-18)20-19-13-8-6-5-7-9-13/h5-10,19H,1-4H3/b20-14+. The zero-order valence-corrected chi connectivity index (χ0v) is 13.7. The van der Waals surface area contributed by atoms with Crippen LogP contribution in [0.25, 0.3) is 0 Å². The van der Waals surface area contributed by atoms with Crippen molar-refractivity contribution in [3.63, 3.8) is 0 Å². The Bertz CT molecular complexity index is 776. The molecule has 23 heavy (non-hydrogen) atoms. The van der Waals surface area contributed by atoms with Crippen LogP contribution in [0.15, 0.2) is 41.5 Å². The van der Waals surface area contributed by atoms with Gasteiger partial charge in [0.05, 0.1) is 16.9 Å². The number of benzene rings is 1. The number of nitrogens with one attached hydrogen (secondary N) is 1. The van der Waals surface area contributed by atoms with Crippen molar-refractivity contribution >= 4 is 17.2 Å². The number of hydrogen-bond acceptors (Lipinski definition) is 5. The molecule has 1 aromatic heterocycles. The third-order valence-corrected chi connectivity index (χ3v) is 3.09. The number of anilines is 1. The zero-order valence-electron chi connectivity index (χ0n) is 13.7. The summed E-state index contributed by atoms with van der Waals surface area (Å²) in [7, 11) is 0. The lowest BCUT2D eigenvalue weighted by Crippen LogP contribution is -2.29. The Morgan fingerprint density at radius 3 is 2.52 bits per heavy atom. The Morgan fingerprint density at radius 1 is 1.30 bits per heavy atom. The normalized spacial score (nSPS) is 11.9. The van der Waals surface area contributed by atoms with E-state index in [1.807, 2.05) is 52.0 Å². The number of nitriles is 1.